The topological polar surface area (TPSA) is 78.4 Å². The smallest absolute Gasteiger partial charge is 0.255 e. The van der Waals surface area contributed by atoms with E-state index in [1.807, 2.05) is 31.2 Å². The average Bonchev–Trinajstić information content (AvgIpc) is 2.53. The van der Waals surface area contributed by atoms with Crippen molar-refractivity contribution in [1.29, 1.82) is 0 Å². The molecule has 0 aliphatic heterocycles. The number of carbonyl (C=O) groups excluding carboxylic acids is 2. The van der Waals surface area contributed by atoms with Gasteiger partial charge in [0.15, 0.2) is 0 Å². The summed E-state index contributed by atoms with van der Waals surface area (Å²) in [5, 5.41) is 15.2. The highest BCUT2D eigenvalue weighted by Gasteiger charge is 2.09. The minimum absolute atomic E-state index is 0.0251. The lowest BCUT2D eigenvalue weighted by Gasteiger charge is -2.09. The van der Waals surface area contributed by atoms with Gasteiger partial charge in [0, 0.05) is 18.7 Å². The van der Waals surface area contributed by atoms with Gasteiger partial charge in [-0.2, -0.15) is 0 Å². The summed E-state index contributed by atoms with van der Waals surface area (Å²) in [6.07, 6.45) is 1.27. The Kier molecular flexibility index (Phi) is 5.74. The van der Waals surface area contributed by atoms with Crippen molar-refractivity contribution in [3.05, 3.63) is 59.7 Å². The van der Waals surface area contributed by atoms with E-state index in [1.54, 1.807) is 18.2 Å². The van der Waals surface area contributed by atoms with Crippen LogP contribution in [0.4, 0.5) is 5.69 Å². The van der Waals surface area contributed by atoms with Crippen LogP contribution in [0.2, 0.25) is 0 Å². The first-order chi connectivity index (χ1) is 11.1. The second kappa shape index (κ2) is 7.98. The molecule has 0 aliphatic rings. The van der Waals surface area contributed by atoms with E-state index < -0.39 is 0 Å². The second-order valence-electron chi connectivity index (χ2n) is 5.20. The molecule has 0 spiro atoms. The summed E-state index contributed by atoms with van der Waals surface area (Å²) in [6, 6.07) is 13.7. The number of nitrogens with one attached hydrogen (secondary N) is 2. The normalized spacial score (nSPS) is 10.1. The number of aromatic hydroxyl groups is 1. The molecular weight excluding hydrogens is 292 g/mol. The van der Waals surface area contributed by atoms with E-state index >= 15 is 0 Å². The van der Waals surface area contributed by atoms with Crippen LogP contribution in [0.25, 0.3) is 0 Å². The Labute approximate surface area is 135 Å². The highest BCUT2D eigenvalue weighted by Crippen LogP contribution is 2.16. The fourth-order valence-corrected chi connectivity index (χ4v) is 2.15. The van der Waals surface area contributed by atoms with Crippen LogP contribution < -0.4 is 10.6 Å². The second-order valence-corrected chi connectivity index (χ2v) is 5.20. The van der Waals surface area contributed by atoms with Crippen LogP contribution in [0.5, 0.6) is 5.75 Å². The van der Waals surface area contributed by atoms with Crippen molar-refractivity contribution in [2.24, 2.45) is 0 Å². The molecular formula is C18H20N2O3. The predicted molar refractivity (Wildman–Crippen MR) is 89.3 cm³/mol. The predicted octanol–water partition coefficient (Wildman–Crippen LogP) is 3.06. The summed E-state index contributed by atoms with van der Waals surface area (Å²) in [7, 11) is 0. The van der Waals surface area contributed by atoms with Gasteiger partial charge in [-0.05, 0) is 36.2 Å². The SMILES string of the molecule is CCCC(=O)Nc1cccc(CNC(=O)c2ccccc2O)c1. The van der Waals surface area contributed by atoms with Gasteiger partial charge in [-0.1, -0.05) is 31.2 Å². The van der Waals surface area contributed by atoms with Gasteiger partial charge in [-0.25, -0.2) is 0 Å². The molecule has 0 aliphatic carbocycles. The molecule has 0 unspecified atom stereocenters. The van der Waals surface area contributed by atoms with E-state index in [0.29, 0.717) is 18.7 Å². The molecule has 23 heavy (non-hydrogen) atoms. The summed E-state index contributed by atoms with van der Waals surface area (Å²) < 4.78 is 0. The van der Waals surface area contributed by atoms with Crippen LogP contribution in [0, 0.1) is 0 Å². The third-order valence-corrected chi connectivity index (χ3v) is 3.29. The minimum atomic E-state index is -0.344. The average molecular weight is 312 g/mol. The number of amides is 2. The third kappa shape index (κ3) is 4.85. The summed E-state index contributed by atoms with van der Waals surface area (Å²) in [5.74, 6) is -0.419. The Morgan fingerprint density at radius 2 is 1.87 bits per heavy atom. The molecule has 5 nitrogen and oxygen atoms in total. The lowest BCUT2D eigenvalue weighted by atomic mass is 10.1. The Balaban J connectivity index is 1.97. The van der Waals surface area contributed by atoms with Crippen LogP contribution in [0.3, 0.4) is 0 Å². The Hall–Kier alpha value is -2.82. The summed E-state index contributed by atoms with van der Waals surface area (Å²) in [4.78, 5) is 23.6. The largest absolute Gasteiger partial charge is 0.507 e. The molecule has 2 rings (SSSR count). The standard InChI is InChI=1S/C18H20N2O3/c1-2-6-17(22)20-14-8-5-7-13(11-14)12-19-18(23)15-9-3-4-10-16(15)21/h3-5,7-11,21H,2,6,12H2,1H3,(H,19,23)(H,20,22). The maximum atomic E-state index is 12.0. The summed E-state index contributed by atoms with van der Waals surface area (Å²) in [5.41, 5.74) is 1.81. The van der Waals surface area contributed by atoms with Crippen molar-refractivity contribution < 1.29 is 14.7 Å². The van der Waals surface area contributed by atoms with Crippen molar-refractivity contribution in [2.75, 3.05) is 5.32 Å². The quantitative estimate of drug-likeness (QED) is 0.767. The Morgan fingerprint density at radius 3 is 2.61 bits per heavy atom. The van der Waals surface area contributed by atoms with Crippen molar-refractivity contribution in [2.45, 2.75) is 26.3 Å². The molecule has 0 fully saturated rings. The fraction of sp³-hybridized carbons (Fsp3) is 0.222. The maximum Gasteiger partial charge on any atom is 0.255 e. The number of hydrogen-bond acceptors (Lipinski definition) is 3. The molecule has 2 aromatic rings. The number of phenolic OH excluding ortho intramolecular Hbond substituents is 1. The minimum Gasteiger partial charge on any atom is -0.507 e. The number of para-hydroxylation sites is 1. The number of benzene rings is 2. The zero-order valence-electron chi connectivity index (χ0n) is 13.0. The first kappa shape index (κ1) is 16.5. The van der Waals surface area contributed by atoms with Gasteiger partial charge < -0.3 is 15.7 Å². The van der Waals surface area contributed by atoms with E-state index in [4.69, 9.17) is 0 Å². The summed E-state index contributed by atoms with van der Waals surface area (Å²) >= 11 is 0. The molecule has 0 heterocycles. The molecule has 0 saturated heterocycles. The number of carbonyl (C=O) groups is 2. The van der Waals surface area contributed by atoms with Crippen molar-refractivity contribution in [1.82, 2.24) is 5.32 Å². The van der Waals surface area contributed by atoms with Crippen LogP contribution in [-0.4, -0.2) is 16.9 Å². The molecule has 5 heteroatoms. The van der Waals surface area contributed by atoms with Gasteiger partial charge in [-0.3, -0.25) is 9.59 Å². The van der Waals surface area contributed by atoms with Gasteiger partial charge in [0.1, 0.15) is 5.75 Å². The van der Waals surface area contributed by atoms with E-state index in [1.165, 1.54) is 6.07 Å². The van der Waals surface area contributed by atoms with Gasteiger partial charge in [-0.15, -0.1) is 0 Å². The highest BCUT2D eigenvalue weighted by molar-refractivity contribution is 5.96. The van der Waals surface area contributed by atoms with Crippen molar-refractivity contribution in [3.8, 4) is 5.75 Å². The monoisotopic (exact) mass is 312 g/mol. The molecule has 2 aromatic carbocycles. The molecule has 0 atom stereocenters. The van der Waals surface area contributed by atoms with Gasteiger partial charge >= 0.3 is 0 Å². The molecule has 0 saturated carbocycles. The Bertz CT molecular complexity index is 698. The zero-order valence-corrected chi connectivity index (χ0v) is 13.0. The third-order valence-electron chi connectivity index (χ3n) is 3.29. The summed E-state index contributed by atoms with van der Waals surface area (Å²) in [6.45, 7) is 2.26. The van der Waals surface area contributed by atoms with E-state index in [9.17, 15) is 14.7 Å². The van der Waals surface area contributed by atoms with Crippen LogP contribution in [0.15, 0.2) is 48.5 Å². The number of phenols is 1. The lowest BCUT2D eigenvalue weighted by Crippen LogP contribution is -2.23. The van der Waals surface area contributed by atoms with Crippen molar-refractivity contribution in [3.63, 3.8) is 0 Å². The van der Waals surface area contributed by atoms with Gasteiger partial charge in [0.2, 0.25) is 5.91 Å². The first-order valence-electron chi connectivity index (χ1n) is 7.55. The molecule has 120 valence electrons. The van der Waals surface area contributed by atoms with E-state index in [2.05, 4.69) is 10.6 Å². The lowest BCUT2D eigenvalue weighted by molar-refractivity contribution is -0.116. The van der Waals surface area contributed by atoms with Gasteiger partial charge in [0.05, 0.1) is 5.56 Å². The maximum absolute atomic E-state index is 12.0. The molecule has 2 amide bonds. The molecule has 0 bridgehead atoms. The number of rotatable bonds is 6. The van der Waals surface area contributed by atoms with Gasteiger partial charge in [0.25, 0.3) is 5.91 Å². The fourth-order valence-electron chi connectivity index (χ4n) is 2.15. The van der Waals surface area contributed by atoms with E-state index in [-0.39, 0.29) is 23.1 Å². The molecule has 0 aromatic heterocycles. The van der Waals surface area contributed by atoms with Crippen LogP contribution in [0.1, 0.15) is 35.7 Å². The highest BCUT2D eigenvalue weighted by atomic mass is 16.3. The Morgan fingerprint density at radius 1 is 1.09 bits per heavy atom. The number of anilines is 1. The van der Waals surface area contributed by atoms with Crippen LogP contribution in [-0.2, 0) is 11.3 Å². The number of hydrogen-bond donors (Lipinski definition) is 3. The molecule has 0 radical (unpaired) electrons. The zero-order chi connectivity index (χ0) is 16.7. The first-order valence-corrected chi connectivity index (χ1v) is 7.55. The molecule has 3 N–H and O–H groups in total. The van der Waals surface area contributed by atoms with Crippen LogP contribution >= 0.6 is 0 Å². The van der Waals surface area contributed by atoms with Crippen molar-refractivity contribution >= 4 is 17.5 Å². The van der Waals surface area contributed by atoms with E-state index in [0.717, 1.165) is 12.0 Å².